The van der Waals surface area contributed by atoms with Gasteiger partial charge in [0.2, 0.25) is 5.95 Å². The quantitative estimate of drug-likeness (QED) is 0.654. The van der Waals surface area contributed by atoms with Crippen molar-refractivity contribution in [2.75, 3.05) is 17.7 Å². The molecule has 0 aliphatic heterocycles. The van der Waals surface area contributed by atoms with E-state index in [1.54, 1.807) is 4.68 Å². The monoisotopic (exact) mass is 400 g/mol. The number of nitrogens with one attached hydrogen (secondary N) is 1. The molecule has 11 heteroatoms. The molecule has 0 bridgehead atoms. The van der Waals surface area contributed by atoms with E-state index in [9.17, 15) is 18.3 Å². The van der Waals surface area contributed by atoms with Crippen molar-refractivity contribution in [1.82, 2.24) is 19.7 Å². The number of alkyl halides is 3. The van der Waals surface area contributed by atoms with Crippen LogP contribution in [0.2, 0.25) is 0 Å². The highest BCUT2D eigenvalue weighted by Gasteiger charge is 2.34. The topological polar surface area (TPSA) is 111 Å². The van der Waals surface area contributed by atoms with Crippen molar-refractivity contribution in [1.29, 1.82) is 0 Å². The molecule has 1 saturated carbocycles. The van der Waals surface area contributed by atoms with Gasteiger partial charge >= 0.3 is 6.18 Å². The summed E-state index contributed by atoms with van der Waals surface area (Å²) in [5.74, 6) is 0.340. The van der Waals surface area contributed by atoms with Crippen molar-refractivity contribution < 1.29 is 23.0 Å². The number of aliphatic hydroxyl groups excluding tert-OH is 1. The smallest absolute Gasteiger partial charge is 0.421 e. The Hall–Kier alpha value is -2.56. The second-order valence-electron chi connectivity index (χ2n) is 7.04. The summed E-state index contributed by atoms with van der Waals surface area (Å²) in [7, 11) is 0. The van der Waals surface area contributed by atoms with E-state index in [0.717, 1.165) is 19.3 Å². The molecule has 3 rings (SSSR count). The van der Waals surface area contributed by atoms with E-state index in [1.165, 1.54) is 0 Å². The molecule has 28 heavy (non-hydrogen) atoms. The zero-order valence-corrected chi connectivity index (χ0v) is 15.6. The summed E-state index contributed by atoms with van der Waals surface area (Å²) < 4.78 is 46.1. The van der Waals surface area contributed by atoms with Crippen LogP contribution < -0.4 is 15.8 Å². The van der Waals surface area contributed by atoms with Gasteiger partial charge in [-0.05, 0) is 32.6 Å². The first kappa shape index (κ1) is 20.2. The third kappa shape index (κ3) is 4.13. The van der Waals surface area contributed by atoms with Gasteiger partial charge in [0.25, 0.3) is 0 Å². The molecule has 0 atom stereocenters. The van der Waals surface area contributed by atoms with E-state index in [0.29, 0.717) is 36.0 Å². The molecular weight excluding hydrogens is 377 g/mol. The highest BCUT2D eigenvalue weighted by molar-refractivity contribution is 5.61. The summed E-state index contributed by atoms with van der Waals surface area (Å²) in [4.78, 5) is 7.43. The van der Waals surface area contributed by atoms with Crippen LogP contribution in [-0.2, 0) is 12.8 Å². The molecule has 0 unspecified atom stereocenters. The minimum atomic E-state index is -4.64. The molecule has 1 aliphatic carbocycles. The first-order valence-electron chi connectivity index (χ1n) is 9.02. The molecule has 1 aliphatic rings. The predicted octanol–water partition coefficient (Wildman–Crippen LogP) is 3.27. The van der Waals surface area contributed by atoms with Crippen LogP contribution in [0.25, 0.3) is 0 Å². The van der Waals surface area contributed by atoms with Gasteiger partial charge < -0.3 is 20.9 Å². The van der Waals surface area contributed by atoms with E-state index < -0.39 is 17.6 Å². The highest BCUT2D eigenvalue weighted by atomic mass is 19.4. The second kappa shape index (κ2) is 7.82. The van der Waals surface area contributed by atoms with Crippen LogP contribution in [0.5, 0.6) is 5.75 Å². The van der Waals surface area contributed by atoms with E-state index >= 15 is 0 Å². The van der Waals surface area contributed by atoms with Gasteiger partial charge in [0.1, 0.15) is 17.1 Å². The zero-order valence-electron chi connectivity index (χ0n) is 15.6. The fourth-order valence-electron chi connectivity index (χ4n) is 2.85. The number of nitrogens with zero attached hydrogens (tertiary/aromatic N) is 4. The molecule has 2 heterocycles. The Balaban J connectivity index is 1.92. The van der Waals surface area contributed by atoms with Crippen molar-refractivity contribution in [3.8, 4) is 5.75 Å². The number of hydrogen-bond acceptors (Lipinski definition) is 7. The first-order chi connectivity index (χ1) is 13.2. The van der Waals surface area contributed by atoms with Crippen molar-refractivity contribution in [2.45, 2.75) is 51.9 Å². The van der Waals surface area contributed by atoms with Gasteiger partial charge in [-0.3, -0.25) is 0 Å². The minimum absolute atomic E-state index is 0.111. The number of hydrogen-bond donors (Lipinski definition) is 3. The molecule has 1 fully saturated rings. The Labute approximate surface area is 159 Å². The van der Waals surface area contributed by atoms with Crippen LogP contribution in [0.15, 0.2) is 6.20 Å². The standard InChI is InChI=1S/C17H23F3N6O2/c1-9(2)26-15(13(12(7-27)25-26)28-8-10-4-3-5-10)24-16-22-6-11(14(21)23-16)17(18,19)20/h6,9-10,27H,3-5,7-8H2,1-2H3,(H3,21,22,23,24). The first-order valence-corrected chi connectivity index (χ1v) is 9.02. The van der Waals surface area contributed by atoms with E-state index in [4.69, 9.17) is 10.5 Å². The molecule has 2 aromatic heterocycles. The summed E-state index contributed by atoms with van der Waals surface area (Å²) in [6.45, 7) is 3.87. The van der Waals surface area contributed by atoms with Crippen LogP contribution >= 0.6 is 0 Å². The van der Waals surface area contributed by atoms with Gasteiger partial charge in [-0.25, -0.2) is 9.67 Å². The largest absolute Gasteiger partial charge is 0.487 e. The van der Waals surface area contributed by atoms with E-state index in [-0.39, 0.29) is 18.6 Å². The maximum atomic E-state index is 12.9. The Morgan fingerprint density at radius 3 is 2.61 bits per heavy atom. The molecule has 0 radical (unpaired) electrons. The summed E-state index contributed by atoms with van der Waals surface area (Å²) >= 11 is 0. The lowest BCUT2D eigenvalue weighted by Gasteiger charge is -2.25. The minimum Gasteiger partial charge on any atom is -0.487 e. The molecule has 2 aromatic rings. The molecule has 0 aromatic carbocycles. The maximum absolute atomic E-state index is 12.9. The van der Waals surface area contributed by atoms with E-state index in [1.807, 2.05) is 13.8 Å². The van der Waals surface area contributed by atoms with Gasteiger partial charge in [-0.2, -0.15) is 23.3 Å². The number of ether oxygens (including phenoxy) is 1. The molecule has 4 N–H and O–H groups in total. The summed E-state index contributed by atoms with van der Waals surface area (Å²) in [5.41, 5.74) is 4.67. The van der Waals surface area contributed by atoms with Gasteiger partial charge in [0.05, 0.1) is 13.2 Å². The van der Waals surface area contributed by atoms with Crippen LogP contribution in [0.1, 0.15) is 50.4 Å². The molecule has 8 nitrogen and oxygen atoms in total. The van der Waals surface area contributed by atoms with Crippen molar-refractivity contribution in [3.05, 3.63) is 17.5 Å². The summed E-state index contributed by atoms with van der Waals surface area (Å²) in [6.07, 6.45) is -0.690. The number of nitrogen functional groups attached to an aromatic ring is 1. The third-order valence-electron chi connectivity index (χ3n) is 4.62. The Morgan fingerprint density at radius 1 is 1.39 bits per heavy atom. The average molecular weight is 400 g/mol. The number of halogens is 3. The van der Waals surface area contributed by atoms with Crippen LogP contribution in [0.4, 0.5) is 30.8 Å². The Kier molecular flexibility index (Phi) is 5.64. The lowest BCUT2D eigenvalue weighted by Crippen LogP contribution is -2.20. The Morgan fingerprint density at radius 2 is 2.11 bits per heavy atom. The van der Waals surface area contributed by atoms with Crippen LogP contribution in [-0.4, -0.2) is 31.5 Å². The highest BCUT2D eigenvalue weighted by Crippen LogP contribution is 2.37. The average Bonchev–Trinajstić information content (AvgIpc) is 2.90. The zero-order chi connectivity index (χ0) is 20.5. The third-order valence-corrected chi connectivity index (χ3v) is 4.62. The van der Waals surface area contributed by atoms with E-state index in [2.05, 4.69) is 20.4 Å². The lowest BCUT2D eigenvalue weighted by molar-refractivity contribution is -0.137. The number of nitrogens with two attached hydrogens (primary N) is 1. The number of aromatic nitrogens is 4. The predicted molar refractivity (Wildman–Crippen MR) is 96.1 cm³/mol. The normalized spacial score (nSPS) is 15.0. The van der Waals surface area contributed by atoms with Crippen molar-refractivity contribution >= 4 is 17.6 Å². The SMILES string of the molecule is CC(C)n1nc(CO)c(OCC2CCC2)c1Nc1ncc(C(F)(F)F)c(N)n1. The van der Waals surface area contributed by atoms with Crippen molar-refractivity contribution in [2.24, 2.45) is 5.92 Å². The van der Waals surface area contributed by atoms with Gasteiger partial charge in [-0.15, -0.1) is 0 Å². The second-order valence-corrected chi connectivity index (χ2v) is 7.04. The summed E-state index contributed by atoms with van der Waals surface area (Å²) in [6, 6.07) is -0.111. The van der Waals surface area contributed by atoms with Gasteiger partial charge in [-0.1, -0.05) is 6.42 Å². The molecular formula is C17H23F3N6O2. The molecule has 154 valence electrons. The van der Waals surface area contributed by atoms with Gasteiger partial charge in [0, 0.05) is 12.2 Å². The fraction of sp³-hybridized carbons (Fsp3) is 0.588. The summed E-state index contributed by atoms with van der Waals surface area (Å²) in [5, 5.41) is 16.8. The van der Waals surface area contributed by atoms with Gasteiger partial charge in [0.15, 0.2) is 11.6 Å². The van der Waals surface area contributed by atoms with Crippen LogP contribution in [0.3, 0.4) is 0 Å². The Bertz CT molecular complexity index is 833. The number of rotatable bonds is 7. The van der Waals surface area contributed by atoms with Crippen LogP contribution in [0, 0.1) is 5.92 Å². The molecule has 0 spiro atoms. The molecule has 0 amide bonds. The number of anilines is 3. The molecule has 0 saturated heterocycles. The van der Waals surface area contributed by atoms with Crippen molar-refractivity contribution in [3.63, 3.8) is 0 Å². The maximum Gasteiger partial charge on any atom is 0.421 e. The number of aliphatic hydroxyl groups is 1. The lowest BCUT2D eigenvalue weighted by atomic mass is 9.86. The fourth-order valence-corrected chi connectivity index (χ4v) is 2.85.